The number of carbonyl (C=O) groups is 3. The van der Waals surface area contributed by atoms with Crippen molar-refractivity contribution in [3.8, 4) is 0 Å². The molecule has 1 aliphatic heterocycles. The third-order valence-corrected chi connectivity index (χ3v) is 4.29. The van der Waals surface area contributed by atoms with Crippen LogP contribution in [0.1, 0.15) is 46.5 Å². The average Bonchev–Trinajstić information content (AvgIpc) is 2.59. The van der Waals surface area contributed by atoms with Gasteiger partial charge in [0.1, 0.15) is 0 Å². The van der Waals surface area contributed by atoms with Gasteiger partial charge in [0.15, 0.2) is 5.78 Å². The maximum absolute atomic E-state index is 13.0. The van der Waals surface area contributed by atoms with E-state index in [1.165, 1.54) is 13.8 Å². The topological polar surface area (TPSA) is 66.5 Å². The Kier molecular flexibility index (Phi) is 4.65. The van der Waals surface area contributed by atoms with E-state index in [-0.39, 0.29) is 17.6 Å². The summed E-state index contributed by atoms with van der Waals surface area (Å²) in [4.78, 5) is 37.6. The van der Waals surface area contributed by atoms with Gasteiger partial charge in [0.05, 0.1) is 0 Å². The number of carbonyl (C=O) groups excluding carboxylic acids is 3. The normalized spacial score (nSPS) is 13.1. The molecule has 1 aliphatic rings. The second-order valence-corrected chi connectivity index (χ2v) is 6.22. The highest BCUT2D eigenvalue weighted by molar-refractivity contribution is 6.08. The van der Waals surface area contributed by atoms with Crippen LogP contribution in [0.3, 0.4) is 0 Å². The molecule has 1 heterocycles. The Morgan fingerprint density at radius 1 is 1.00 bits per heavy atom. The van der Waals surface area contributed by atoms with E-state index in [0.29, 0.717) is 23.4 Å². The minimum Gasteiger partial charge on any atom is -0.326 e. The lowest BCUT2D eigenvalue weighted by atomic mass is 9.97. The van der Waals surface area contributed by atoms with Crippen LogP contribution in [0.4, 0.5) is 11.4 Å². The monoisotopic (exact) mass is 336 g/mol. The molecule has 0 saturated carbocycles. The number of ketones is 1. The molecule has 0 radical (unpaired) electrons. The van der Waals surface area contributed by atoms with Crippen molar-refractivity contribution in [1.29, 1.82) is 0 Å². The van der Waals surface area contributed by atoms with E-state index in [0.717, 1.165) is 24.1 Å². The third kappa shape index (κ3) is 3.60. The molecule has 0 atom stereocenters. The van der Waals surface area contributed by atoms with Gasteiger partial charge in [-0.3, -0.25) is 14.4 Å². The number of nitrogens with zero attached hydrogens (tertiary/aromatic N) is 1. The van der Waals surface area contributed by atoms with Crippen molar-refractivity contribution in [1.82, 2.24) is 0 Å². The molecular weight excluding hydrogens is 316 g/mol. The van der Waals surface area contributed by atoms with Crippen LogP contribution in [0.5, 0.6) is 0 Å². The van der Waals surface area contributed by atoms with Gasteiger partial charge in [-0.05, 0) is 49.6 Å². The van der Waals surface area contributed by atoms with Gasteiger partial charge in [0.25, 0.3) is 5.91 Å². The van der Waals surface area contributed by atoms with E-state index >= 15 is 0 Å². The second-order valence-electron chi connectivity index (χ2n) is 6.22. The van der Waals surface area contributed by atoms with Crippen LogP contribution in [0.15, 0.2) is 42.5 Å². The molecule has 0 fully saturated rings. The summed E-state index contributed by atoms with van der Waals surface area (Å²) in [6, 6.07) is 12.4. The van der Waals surface area contributed by atoms with Gasteiger partial charge in [-0.25, -0.2) is 0 Å². The molecular formula is C20H20N2O3. The molecule has 0 unspecified atom stereocenters. The highest BCUT2D eigenvalue weighted by Gasteiger charge is 2.24. The summed E-state index contributed by atoms with van der Waals surface area (Å²) in [5.74, 6) is -0.332. The van der Waals surface area contributed by atoms with E-state index in [1.807, 2.05) is 12.1 Å². The summed E-state index contributed by atoms with van der Waals surface area (Å²) in [7, 11) is 0. The Hall–Kier alpha value is -2.95. The largest absolute Gasteiger partial charge is 0.326 e. The first kappa shape index (κ1) is 16.9. The van der Waals surface area contributed by atoms with Crippen LogP contribution in [-0.2, 0) is 11.2 Å². The molecule has 2 amide bonds. The fourth-order valence-corrected chi connectivity index (χ4v) is 3.09. The number of amides is 2. The van der Waals surface area contributed by atoms with E-state index in [2.05, 4.69) is 5.32 Å². The van der Waals surface area contributed by atoms with Crippen molar-refractivity contribution in [2.75, 3.05) is 16.8 Å². The van der Waals surface area contributed by atoms with Crippen molar-refractivity contribution < 1.29 is 14.4 Å². The summed E-state index contributed by atoms with van der Waals surface area (Å²) in [6.07, 6.45) is 1.77. The van der Waals surface area contributed by atoms with Crippen LogP contribution < -0.4 is 10.2 Å². The first-order valence-electron chi connectivity index (χ1n) is 8.29. The van der Waals surface area contributed by atoms with Gasteiger partial charge in [-0.15, -0.1) is 0 Å². The molecule has 1 N–H and O–H groups in total. The highest BCUT2D eigenvalue weighted by Crippen LogP contribution is 2.30. The molecule has 128 valence electrons. The quantitative estimate of drug-likeness (QED) is 0.873. The number of benzene rings is 2. The molecule has 3 rings (SSSR count). The summed E-state index contributed by atoms with van der Waals surface area (Å²) in [5, 5.41) is 2.69. The van der Waals surface area contributed by atoms with Gasteiger partial charge >= 0.3 is 0 Å². The Morgan fingerprint density at radius 2 is 1.80 bits per heavy atom. The van der Waals surface area contributed by atoms with Gasteiger partial charge in [0.2, 0.25) is 5.91 Å². The number of anilines is 2. The SMILES string of the molecule is CC(=O)Nc1cccc(C(=O)N2CCCc3ccc(C(C)=O)cc32)c1. The Labute approximate surface area is 146 Å². The lowest BCUT2D eigenvalue weighted by molar-refractivity contribution is -0.114. The minimum atomic E-state index is -0.181. The lowest BCUT2D eigenvalue weighted by Gasteiger charge is -2.30. The molecule has 5 heteroatoms. The van der Waals surface area contributed by atoms with Crippen molar-refractivity contribution in [2.45, 2.75) is 26.7 Å². The van der Waals surface area contributed by atoms with Crippen LogP contribution in [0, 0.1) is 0 Å². The first-order valence-corrected chi connectivity index (χ1v) is 8.29. The highest BCUT2D eigenvalue weighted by atomic mass is 16.2. The van der Waals surface area contributed by atoms with Crippen LogP contribution in [0.25, 0.3) is 0 Å². The van der Waals surface area contributed by atoms with Crippen molar-refractivity contribution >= 4 is 29.0 Å². The molecule has 2 aromatic rings. The summed E-state index contributed by atoms with van der Waals surface area (Å²) in [6.45, 7) is 3.56. The van der Waals surface area contributed by atoms with Gasteiger partial charge < -0.3 is 10.2 Å². The summed E-state index contributed by atoms with van der Waals surface area (Å²) in [5.41, 5.74) is 3.57. The maximum atomic E-state index is 13.0. The predicted octanol–water partition coefficient (Wildman–Crippen LogP) is 3.44. The maximum Gasteiger partial charge on any atom is 0.258 e. The fraction of sp³-hybridized carbons (Fsp3) is 0.250. The van der Waals surface area contributed by atoms with Gasteiger partial charge in [-0.1, -0.05) is 18.2 Å². The van der Waals surface area contributed by atoms with E-state index in [1.54, 1.807) is 35.2 Å². The average molecular weight is 336 g/mol. The second kappa shape index (κ2) is 6.89. The Bertz CT molecular complexity index is 858. The number of hydrogen-bond acceptors (Lipinski definition) is 3. The number of aryl methyl sites for hydroxylation is 1. The van der Waals surface area contributed by atoms with Crippen LogP contribution in [0.2, 0.25) is 0 Å². The van der Waals surface area contributed by atoms with Crippen molar-refractivity contribution in [3.63, 3.8) is 0 Å². The fourth-order valence-electron chi connectivity index (χ4n) is 3.09. The van der Waals surface area contributed by atoms with Crippen LogP contribution in [-0.4, -0.2) is 24.1 Å². The Morgan fingerprint density at radius 3 is 2.52 bits per heavy atom. The summed E-state index contributed by atoms with van der Waals surface area (Å²) < 4.78 is 0. The molecule has 0 aromatic heterocycles. The number of fused-ring (bicyclic) bond motifs is 1. The number of nitrogens with one attached hydrogen (secondary N) is 1. The molecule has 2 aromatic carbocycles. The number of Topliss-reactive ketones (excluding diaryl/α,β-unsaturated/α-hetero) is 1. The molecule has 0 aliphatic carbocycles. The Balaban J connectivity index is 1.95. The standard InChI is InChI=1S/C20H20N2O3/c1-13(23)16-9-8-15-6-4-10-22(19(15)12-16)20(25)17-5-3-7-18(11-17)21-14(2)24/h3,5,7-9,11-12H,4,6,10H2,1-2H3,(H,21,24). The van der Waals surface area contributed by atoms with E-state index in [9.17, 15) is 14.4 Å². The van der Waals surface area contributed by atoms with Gasteiger partial charge in [0, 0.05) is 36.0 Å². The van der Waals surface area contributed by atoms with Crippen molar-refractivity contribution in [2.24, 2.45) is 0 Å². The molecule has 5 nitrogen and oxygen atoms in total. The van der Waals surface area contributed by atoms with E-state index < -0.39 is 0 Å². The van der Waals surface area contributed by atoms with Gasteiger partial charge in [-0.2, -0.15) is 0 Å². The molecule has 0 spiro atoms. The predicted molar refractivity (Wildman–Crippen MR) is 97.2 cm³/mol. The third-order valence-electron chi connectivity index (χ3n) is 4.29. The zero-order valence-corrected chi connectivity index (χ0v) is 14.3. The number of hydrogen-bond donors (Lipinski definition) is 1. The van der Waals surface area contributed by atoms with Crippen LogP contribution >= 0.6 is 0 Å². The lowest BCUT2D eigenvalue weighted by Crippen LogP contribution is -2.35. The molecule has 25 heavy (non-hydrogen) atoms. The zero-order chi connectivity index (χ0) is 18.0. The summed E-state index contributed by atoms with van der Waals surface area (Å²) >= 11 is 0. The molecule has 0 saturated heterocycles. The zero-order valence-electron chi connectivity index (χ0n) is 14.3. The van der Waals surface area contributed by atoms with E-state index in [4.69, 9.17) is 0 Å². The van der Waals surface area contributed by atoms with Crippen molar-refractivity contribution in [3.05, 3.63) is 59.2 Å². The molecule has 0 bridgehead atoms. The minimum absolute atomic E-state index is 0.0200. The number of rotatable bonds is 3. The first-order chi connectivity index (χ1) is 12.0. The smallest absolute Gasteiger partial charge is 0.258 e.